The Hall–Kier alpha value is -4.13. The molecule has 5 heterocycles. The number of nitrogens with zero attached hydrogens (tertiary/aromatic N) is 6. The molecule has 0 spiro atoms. The predicted octanol–water partition coefficient (Wildman–Crippen LogP) is 2.62. The van der Waals surface area contributed by atoms with Crippen molar-refractivity contribution in [2.45, 2.75) is 12.5 Å². The number of ether oxygens (including phenoxy) is 2. The zero-order valence-corrected chi connectivity index (χ0v) is 16.5. The van der Waals surface area contributed by atoms with E-state index in [-0.39, 0.29) is 18.3 Å². The molecule has 0 saturated heterocycles. The predicted molar refractivity (Wildman–Crippen MR) is 107 cm³/mol. The molecule has 154 valence electrons. The van der Waals surface area contributed by atoms with E-state index in [2.05, 4.69) is 26.7 Å². The normalized spacial score (nSPS) is 16.7. The van der Waals surface area contributed by atoms with Gasteiger partial charge < -0.3 is 14.8 Å². The van der Waals surface area contributed by atoms with Crippen LogP contribution < -0.4 is 14.8 Å². The fraction of sp³-hybridized carbons (Fsp3) is 0.238. The Morgan fingerprint density at radius 2 is 2.10 bits per heavy atom. The standard InChI is InChI=1S/C21H16FN7O2/c1-28-19(11(5-23)6-26-28)13-4-17-21(29-10-25-27-20(13)29)24-7-14-15(22)2-3-16-18(14)12(8-30-16)9-31-17/h2-4,6,10,12,24H,7-9H2,1H3/t12-/m1/s1. The summed E-state index contributed by atoms with van der Waals surface area (Å²) in [6.07, 6.45) is 3.08. The van der Waals surface area contributed by atoms with E-state index < -0.39 is 0 Å². The molecule has 0 saturated carbocycles. The lowest BCUT2D eigenvalue weighted by Crippen LogP contribution is -2.13. The lowest BCUT2D eigenvalue weighted by atomic mass is 9.96. The molecule has 10 heteroatoms. The first kappa shape index (κ1) is 17.7. The van der Waals surface area contributed by atoms with Gasteiger partial charge in [-0.05, 0) is 18.2 Å². The summed E-state index contributed by atoms with van der Waals surface area (Å²) >= 11 is 0. The van der Waals surface area contributed by atoms with Gasteiger partial charge in [0.2, 0.25) is 0 Å². The van der Waals surface area contributed by atoms with E-state index in [9.17, 15) is 9.65 Å². The fourth-order valence-electron chi connectivity index (χ4n) is 4.40. The van der Waals surface area contributed by atoms with Crippen LogP contribution in [-0.2, 0) is 13.6 Å². The summed E-state index contributed by atoms with van der Waals surface area (Å²) in [5.74, 6) is 1.49. The van der Waals surface area contributed by atoms with Gasteiger partial charge >= 0.3 is 0 Å². The molecular weight excluding hydrogens is 401 g/mol. The molecule has 0 radical (unpaired) electrons. The molecule has 0 amide bonds. The minimum atomic E-state index is -0.282. The number of halogens is 1. The number of hydrogen-bond acceptors (Lipinski definition) is 7. The maximum atomic E-state index is 14.7. The van der Waals surface area contributed by atoms with Crippen LogP contribution in [0.25, 0.3) is 16.9 Å². The van der Waals surface area contributed by atoms with Crippen LogP contribution in [-0.4, -0.2) is 37.6 Å². The van der Waals surface area contributed by atoms with Gasteiger partial charge in [-0.15, -0.1) is 10.2 Å². The molecule has 0 unspecified atom stereocenters. The number of nitriles is 1. The second-order valence-electron chi connectivity index (χ2n) is 7.55. The SMILES string of the molecule is Cn1ncc(C#N)c1-c1cc2c(n3cnnc13)NCc1c(F)ccc3c1[C@H](CO3)CO2. The van der Waals surface area contributed by atoms with Crippen LogP contribution in [0, 0.1) is 17.1 Å². The second kappa shape index (κ2) is 6.43. The van der Waals surface area contributed by atoms with Crippen molar-refractivity contribution in [1.29, 1.82) is 5.26 Å². The molecule has 2 aliphatic heterocycles. The highest BCUT2D eigenvalue weighted by Gasteiger charge is 2.32. The highest BCUT2D eigenvalue weighted by molar-refractivity contribution is 5.83. The van der Waals surface area contributed by atoms with Gasteiger partial charge in [-0.25, -0.2) is 4.39 Å². The van der Waals surface area contributed by atoms with Crippen LogP contribution in [0.5, 0.6) is 11.5 Å². The van der Waals surface area contributed by atoms with E-state index in [0.717, 1.165) is 5.56 Å². The van der Waals surface area contributed by atoms with Crippen molar-refractivity contribution in [2.24, 2.45) is 7.05 Å². The number of aryl methyl sites for hydroxylation is 1. The molecule has 4 aromatic rings. The number of pyridine rings is 1. The van der Waals surface area contributed by atoms with E-state index >= 15 is 0 Å². The number of benzene rings is 1. The van der Waals surface area contributed by atoms with Crippen molar-refractivity contribution in [1.82, 2.24) is 24.4 Å². The Balaban J connectivity index is 1.55. The molecule has 0 bridgehead atoms. The van der Waals surface area contributed by atoms with Crippen molar-refractivity contribution in [3.05, 3.63) is 53.2 Å². The number of aromatic nitrogens is 5. The van der Waals surface area contributed by atoms with Crippen molar-refractivity contribution >= 4 is 11.5 Å². The van der Waals surface area contributed by atoms with E-state index in [4.69, 9.17) is 9.47 Å². The molecule has 1 aromatic carbocycles. The topological polar surface area (TPSA) is 102 Å². The van der Waals surface area contributed by atoms with E-state index in [1.54, 1.807) is 28.5 Å². The van der Waals surface area contributed by atoms with E-state index in [1.807, 2.05) is 6.07 Å². The summed E-state index contributed by atoms with van der Waals surface area (Å²) in [7, 11) is 1.76. The zero-order chi connectivity index (χ0) is 21.1. The van der Waals surface area contributed by atoms with Crippen LogP contribution in [0.1, 0.15) is 22.6 Å². The second-order valence-corrected chi connectivity index (χ2v) is 7.55. The molecule has 0 fully saturated rings. The summed E-state index contributed by atoms with van der Waals surface area (Å²) in [5.41, 5.74) is 3.66. The van der Waals surface area contributed by atoms with Crippen molar-refractivity contribution in [3.8, 4) is 28.8 Å². The van der Waals surface area contributed by atoms with Gasteiger partial charge in [0.25, 0.3) is 0 Å². The number of fused-ring (bicyclic) bond motifs is 3. The highest BCUT2D eigenvalue weighted by atomic mass is 19.1. The first-order valence-corrected chi connectivity index (χ1v) is 9.75. The van der Waals surface area contributed by atoms with Gasteiger partial charge in [0.15, 0.2) is 17.2 Å². The first-order chi connectivity index (χ1) is 15.2. The van der Waals surface area contributed by atoms with Crippen LogP contribution >= 0.6 is 0 Å². The Bertz CT molecular complexity index is 1400. The van der Waals surface area contributed by atoms with Crippen LogP contribution in [0.3, 0.4) is 0 Å². The third-order valence-electron chi connectivity index (χ3n) is 5.83. The third-order valence-corrected chi connectivity index (χ3v) is 5.83. The molecule has 9 nitrogen and oxygen atoms in total. The number of nitrogens with one attached hydrogen (secondary N) is 1. The molecule has 0 aliphatic carbocycles. The highest BCUT2D eigenvalue weighted by Crippen LogP contribution is 2.42. The Labute approximate surface area is 175 Å². The maximum absolute atomic E-state index is 14.7. The molecule has 3 aromatic heterocycles. The van der Waals surface area contributed by atoms with Crippen molar-refractivity contribution in [2.75, 3.05) is 18.5 Å². The lowest BCUT2D eigenvalue weighted by Gasteiger charge is -2.16. The van der Waals surface area contributed by atoms with E-state index in [1.165, 1.54) is 12.3 Å². The Morgan fingerprint density at radius 1 is 1.26 bits per heavy atom. The van der Waals surface area contributed by atoms with Gasteiger partial charge in [-0.2, -0.15) is 10.4 Å². The van der Waals surface area contributed by atoms with Gasteiger partial charge in [0, 0.05) is 24.7 Å². The Kier molecular flexibility index (Phi) is 3.67. The average molecular weight is 417 g/mol. The van der Waals surface area contributed by atoms with E-state index in [0.29, 0.717) is 58.6 Å². The van der Waals surface area contributed by atoms with Gasteiger partial charge in [-0.3, -0.25) is 9.08 Å². The third kappa shape index (κ3) is 2.49. The van der Waals surface area contributed by atoms with Gasteiger partial charge in [0.1, 0.15) is 24.0 Å². The zero-order valence-electron chi connectivity index (χ0n) is 16.5. The summed E-state index contributed by atoms with van der Waals surface area (Å²) in [6, 6.07) is 7.10. The minimum Gasteiger partial charge on any atom is -0.493 e. The monoisotopic (exact) mass is 417 g/mol. The minimum absolute atomic E-state index is 0.0834. The lowest BCUT2D eigenvalue weighted by molar-refractivity contribution is 0.249. The van der Waals surface area contributed by atoms with Crippen LogP contribution in [0.4, 0.5) is 10.2 Å². The van der Waals surface area contributed by atoms with Gasteiger partial charge in [-0.1, -0.05) is 0 Å². The number of hydrogen-bond donors (Lipinski definition) is 1. The summed E-state index contributed by atoms with van der Waals surface area (Å²) < 4.78 is 30.1. The maximum Gasteiger partial charge on any atom is 0.171 e. The largest absolute Gasteiger partial charge is 0.493 e. The molecule has 6 rings (SSSR count). The fourth-order valence-corrected chi connectivity index (χ4v) is 4.40. The molecule has 1 atom stereocenters. The van der Waals surface area contributed by atoms with Crippen molar-refractivity contribution in [3.63, 3.8) is 0 Å². The van der Waals surface area contributed by atoms with Gasteiger partial charge in [0.05, 0.1) is 42.1 Å². The molecule has 31 heavy (non-hydrogen) atoms. The molecular formula is C21H16FN7O2. The van der Waals surface area contributed by atoms with Crippen LogP contribution in [0.2, 0.25) is 0 Å². The average Bonchev–Trinajstić information content (AvgIpc) is 3.50. The number of rotatable bonds is 1. The molecule has 2 aliphatic rings. The number of anilines is 1. The summed E-state index contributed by atoms with van der Waals surface area (Å²) in [6.45, 7) is 1.01. The quantitative estimate of drug-likeness (QED) is 0.508. The Morgan fingerprint density at radius 3 is 2.94 bits per heavy atom. The van der Waals surface area contributed by atoms with Crippen LogP contribution in [0.15, 0.2) is 30.7 Å². The first-order valence-electron chi connectivity index (χ1n) is 9.75. The summed E-state index contributed by atoms with van der Waals surface area (Å²) in [4.78, 5) is 0. The smallest absolute Gasteiger partial charge is 0.171 e. The van der Waals surface area contributed by atoms with Crippen molar-refractivity contribution < 1.29 is 13.9 Å². The summed E-state index contributed by atoms with van der Waals surface area (Å²) in [5, 5.41) is 25.3. The molecule has 1 N–H and O–H groups in total.